The van der Waals surface area contributed by atoms with E-state index in [9.17, 15) is 9.59 Å². The van der Waals surface area contributed by atoms with Gasteiger partial charge in [-0.2, -0.15) is 5.10 Å². The van der Waals surface area contributed by atoms with Crippen LogP contribution in [0.1, 0.15) is 47.3 Å². The lowest BCUT2D eigenvalue weighted by molar-refractivity contribution is 0.0438. The molecule has 1 atom stereocenters. The van der Waals surface area contributed by atoms with E-state index in [-0.39, 0.29) is 17.6 Å². The normalized spacial score (nSPS) is 19.9. The van der Waals surface area contributed by atoms with Gasteiger partial charge >= 0.3 is 0 Å². The number of aryl methyl sites for hydroxylation is 2. The van der Waals surface area contributed by atoms with Crippen molar-refractivity contribution in [3.63, 3.8) is 0 Å². The van der Waals surface area contributed by atoms with E-state index in [1.54, 1.807) is 7.05 Å². The van der Waals surface area contributed by atoms with Gasteiger partial charge in [0, 0.05) is 39.4 Å². The van der Waals surface area contributed by atoms with E-state index >= 15 is 0 Å². The van der Waals surface area contributed by atoms with Gasteiger partial charge in [0.2, 0.25) is 0 Å². The van der Waals surface area contributed by atoms with Crippen LogP contribution >= 0.6 is 0 Å². The van der Waals surface area contributed by atoms with Gasteiger partial charge < -0.3 is 9.64 Å². The SMILES string of the molecule is Cc1ccccc1CN1CCC(CN(C[C@@H]2CCCO2)C(=O)c2ccc(=O)n(C)n2)CC1. The van der Waals surface area contributed by atoms with Crippen LogP contribution in [0.3, 0.4) is 0 Å². The van der Waals surface area contributed by atoms with Gasteiger partial charge in [-0.05, 0) is 68.8 Å². The smallest absolute Gasteiger partial charge is 0.274 e. The highest BCUT2D eigenvalue weighted by molar-refractivity contribution is 5.92. The second-order valence-electron chi connectivity index (χ2n) is 9.17. The number of hydrogen-bond acceptors (Lipinski definition) is 5. The Kier molecular flexibility index (Phi) is 7.37. The summed E-state index contributed by atoms with van der Waals surface area (Å²) in [6.45, 7) is 7.30. The van der Waals surface area contributed by atoms with Crippen LogP contribution in [-0.2, 0) is 18.3 Å². The first-order valence-corrected chi connectivity index (χ1v) is 11.7. The molecule has 7 nitrogen and oxygen atoms in total. The van der Waals surface area contributed by atoms with Crippen molar-refractivity contribution in [2.75, 3.05) is 32.8 Å². The van der Waals surface area contributed by atoms with Crippen LogP contribution < -0.4 is 5.56 Å². The summed E-state index contributed by atoms with van der Waals surface area (Å²) in [4.78, 5) is 29.4. The number of piperidine rings is 1. The minimum atomic E-state index is -0.215. The molecule has 0 unspecified atom stereocenters. The zero-order chi connectivity index (χ0) is 22.5. The summed E-state index contributed by atoms with van der Waals surface area (Å²) in [5, 5.41) is 4.19. The van der Waals surface area contributed by atoms with Crippen LogP contribution in [0.15, 0.2) is 41.2 Å². The number of ether oxygens (including phenoxy) is 1. The van der Waals surface area contributed by atoms with E-state index in [1.165, 1.54) is 27.9 Å². The average Bonchev–Trinajstić information content (AvgIpc) is 3.31. The molecule has 2 fully saturated rings. The third-order valence-electron chi connectivity index (χ3n) is 6.76. The van der Waals surface area contributed by atoms with Gasteiger partial charge in [0.05, 0.1) is 6.10 Å². The molecule has 32 heavy (non-hydrogen) atoms. The predicted molar refractivity (Wildman–Crippen MR) is 124 cm³/mol. The predicted octanol–water partition coefficient (Wildman–Crippen LogP) is 2.62. The third-order valence-corrected chi connectivity index (χ3v) is 6.76. The lowest BCUT2D eigenvalue weighted by atomic mass is 9.95. The van der Waals surface area contributed by atoms with Gasteiger partial charge in [0.25, 0.3) is 11.5 Å². The Hall–Kier alpha value is -2.51. The molecule has 7 heteroatoms. The lowest BCUT2D eigenvalue weighted by Crippen LogP contribution is -2.44. The highest BCUT2D eigenvalue weighted by atomic mass is 16.5. The van der Waals surface area contributed by atoms with Gasteiger partial charge in [-0.3, -0.25) is 14.5 Å². The van der Waals surface area contributed by atoms with Crippen LogP contribution in [0.25, 0.3) is 0 Å². The minimum absolute atomic E-state index is 0.0904. The van der Waals surface area contributed by atoms with Crippen molar-refractivity contribution in [3.05, 3.63) is 63.6 Å². The third kappa shape index (κ3) is 5.64. The molecule has 172 valence electrons. The summed E-state index contributed by atoms with van der Waals surface area (Å²) < 4.78 is 7.04. The summed E-state index contributed by atoms with van der Waals surface area (Å²) >= 11 is 0. The van der Waals surface area contributed by atoms with Gasteiger partial charge in [-0.25, -0.2) is 4.68 Å². The molecular weight excluding hydrogens is 404 g/mol. The number of benzene rings is 1. The zero-order valence-corrected chi connectivity index (χ0v) is 19.2. The molecule has 2 aliphatic rings. The van der Waals surface area contributed by atoms with E-state index in [2.05, 4.69) is 41.2 Å². The lowest BCUT2D eigenvalue weighted by Gasteiger charge is -2.35. The molecule has 0 saturated carbocycles. The second kappa shape index (κ2) is 10.4. The van der Waals surface area contributed by atoms with Crippen LogP contribution in [-0.4, -0.2) is 64.4 Å². The molecule has 3 heterocycles. The molecule has 1 amide bonds. The van der Waals surface area contributed by atoms with Gasteiger partial charge in [-0.1, -0.05) is 24.3 Å². The molecule has 2 saturated heterocycles. The van der Waals surface area contributed by atoms with E-state index in [0.717, 1.165) is 51.9 Å². The minimum Gasteiger partial charge on any atom is -0.376 e. The molecule has 0 radical (unpaired) electrons. The molecule has 4 rings (SSSR count). The van der Waals surface area contributed by atoms with Gasteiger partial charge in [-0.15, -0.1) is 0 Å². The second-order valence-corrected chi connectivity index (χ2v) is 9.17. The first-order valence-electron chi connectivity index (χ1n) is 11.7. The summed E-state index contributed by atoms with van der Waals surface area (Å²) in [6, 6.07) is 11.5. The van der Waals surface area contributed by atoms with Crippen molar-refractivity contribution < 1.29 is 9.53 Å². The van der Waals surface area contributed by atoms with Crippen LogP contribution in [0, 0.1) is 12.8 Å². The van der Waals surface area contributed by atoms with Crippen LogP contribution in [0.2, 0.25) is 0 Å². The van der Waals surface area contributed by atoms with Crippen molar-refractivity contribution in [1.29, 1.82) is 0 Å². The maximum atomic E-state index is 13.3. The van der Waals surface area contributed by atoms with Gasteiger partial charge in [0.15, 0.2) is 0 Å². The van der Waals surface area contributed by atoms with E-state index in [0.29, 0.717) is 24.7 Å². The number of rotatable bonds is 7. The number of likely N-dealkylation sites (tertiary alicyclic amines) is 1. The molecular formula is C25H34N4O3. The largest absolute Gasteiger partial charge is 0.376 e. The van der Waals surface area contributed by atoms with Crippen molar-refractivity contribution in [3.8, 4) is 0 Å². The molecule has 2 aromatic rings. The fraction of sp³-hybridized carbons (Fsp3) is 0.560. The summed E-state index contributed by atoms with van der Waals surface area (Å²) in [5.74, 6) is 0.347. The maximum Gasteiger partial charge on any atom is 0.274 e. The van der Waals surface area contributed by atoms with Crippen molar-refractivity contribution in [2.24, 2.45) is 13.0 Å². The quantitative estimate of drug-likeness (QED) is 0.665. The van der Waals surface area contributed by atoms with Crippen molar-refractivity contribution in [1.82, 2.24) is 19.6 Å². The van der Waals surface area contributed by atoms with Crippen molar-refractivity contribution >= 4 is 5.91 Å². The Balaban J connectivity index is 1.38. The van der Waals surface area contributed by atoms with E-state index < -0.39 is 0 Å². The number of aromatic nitrogens is 2. The molecule has 1 aromatic heterocycles. The Morgan fingerprint density at radius 2 is 1.91 bits per heavy atom. The summed E-state index contributed by atoms with van der Waals surface area (Å²) in [7, 11) is 1.58. The standard InChI is InChI=1S/C25H34N4O3/c1-19-6-3-4-7-21(19)17-28-13-11-20(12-14-28)16-29(18-22-8-5-15-32-22)25(31)23-9-10-24(30)27(2)26-23/h3-4,6-7,9-10,20,22H,5,8,11-18H2,1-2H3/t22-/m0/s1. The Bertz CT molecular complexity index is 975. The Morgan fingerprint density at radius 1 is 1.12 bits per heavy atom. The molecule has 0 aliphatic carbocycles. The van der Waals surface area contributed by atoms with E-state index in [4.69, 9.17) is 4.74 Å². The number of carbonyl (C=O) groups is 1. The highest BCUT2D eigenvalue weighted by Crippen LogP contribution is 2.23. The zero-order valence-electron chi connectivity index (χ0n) is 19.2. The Labute approximate surface area is 190 Å². The number of carbonyl (C=O) groups excluding carboxylic acids is 1. The number of amides is 1. The summed E-state index contributed by atoms with van der Waals surface area (Å²) in [5.41, 5.74) is 2.84. The molecule has 2 aliphatic heterocycles. The van der Waals surface area contributed by atoms with Crippen molar-refractivity contribution in [2.45, 2.75) is 45.3 Å². The first kappa shape index (κ1) is 22.7. The monoisotopic (exact) mass is 438 g/mol. The van der Waals surface area contributed by atoms with Crippen LogP contribution in [0.5, 0.6) is 0 Å². The van der Waals surface area contributed by atoms with E-state index in [1.807, 2.05) is 4.90 Å². The molecule has 1 aromatic carbocycles. The average molecular weight is 439 g/mol. The fourth-order valence-corrected chi connectivity index (χ4v) is 4.72. The highest BCUT2D eigenvalue weighted by Gasteiger charge is 2.28. The van der Waals surface area contributed by atoms with Crippen LogP contribution in [0.4, 0.5) is 0 Å². The topological polar surface area (TPSA) is 67.7 Å². The molecule has 0 bridgehead atoms. The fourth-order valence-electron chi connectivity index (χ4n) is 4.72. The Morgan fingerprint density at radius 3 is 2.59 bits per heavy atom. The number of nitrogens with zero attached hydrogens (tertiary/aromatic N) is 4. The molecule has 0 N–H and O–H groups in total. The van der Waals surface area contributed by atoms with Gasteiger partial charge in [0.1, 0.15) is 5.69 Å². The molecule has 0 spiro atoms. The first-order chi connectivity index (χ1) is 15.5. The summed E-state index contributed by atoms with van der Waals surface area (Å²) in [6.07, 6.45) is 4.26. The maximum absolute atomic E-state index is 13.3. The number of hydrogen-bond donors (Lipinski definition) is 0.